The largest absolute Gasteiger partial charge is 0.355 e. The van der Waals surface area contributed by atoms with E-state index in [9.17, 15) is 0 Å². The molecule has 0 aromatic carbocycles. The van der Waals surface area contributed by atoms with E-state index in [-0.39, 0.29) is 0 Å². The molecule has 0 spiro atoms. The molecular formula is C17H25ClN6. The highest BCUT2D eigenvalue weighted by Crippen LogP contribution is 2.32. The van der Waals surface area contributed by atoms with Crippen molar-refractivity contribution in [3.05, 3.63) is 11.2 Å². The van der Waals surface area contributed by atoms with Crippen LogP contribution in [0.5, 0.6) is 0 Å². The van der Waals surface area contributed by atoms with Gasteiger partial charge in [-0.15, -0.1) is 0 Å². The van der Waals surface area contributed by atoms with Crippen LogP contribution in [-0.4, -0.2) is 65.8 Å². The fraction of sp³-hybridized carbons (Fsp3) is 0.647. The molecule has 24 heavy (non-hydrogen) atoms. The lowest BCUT2D eigenvalue weighted by molar-refractivity contribution is 0.310. The number of imidazole rings is 1. The van der Waals surface area contributed by atoms with Gasteiger partial charge in [0.25, 0.3) is 0 Å². The average Bonchev–Trinajstić information content (AvgIpc) is 2.93. The molecule has 130 valence electrons. The van der Waals surface area contributed by atoms with Gasteiger partial charge in [-0.2, -0.15) is 0 Å². The van der Waals surface area contributed by atoms with Crippen molar-refractivity contribution in [1.82, 2.24) is 19.4 Å². The van der Waals surface area contributed by atoms with Crippen LogP contribution in [0, 0.1) is 0 Å². The molecule has 4 rings (SSSR count). The molecule has 6 nitrogen and oxygen atoms in total. The average molecular weight is 349 g/mol. The van der Waals surface area contributed by atoms with Crippen molar-refractivity contribution in [2.45, 2.75) is 19.3 Å². The number of hydrogen-bond acceptors (Lipinski definition) is 5. The first kappa shape index (κ1) is 16.0. The highest BCUT2D eigenvalue weighted by atomic mass is 35.5. The van der Waals surface area contributed by atoms with Crippen LogP contribution in [0.15, 0.2) is 6.07 Å². The SMILES string of the molecule is CN1CCN(c2nc3c(N4CCCCC4)nc(Cl)cc3n2C)CC1. The van der Waals surface area contributed by atoms with Crippen LogP contribution in [0.1, 0.15) is 19.3 Å². The number of hydrogen-bond donors (Lipinski definition) is 0. The molecule has 4 heterocycles. The van der Waals surface area contributed by atoms with Crippen molar-refractivity contribution in [3.8, 4) is 0 Å². The summed E-state index contributed by atoms with van der Waals surface area (Å²) in [4.78, 5) is 16.7. The molecule has 0 unspecified atom stereocenters. The van der Waals surface area contributed by atoms with Crippen molar-refractivity contribution >= 4 is 34.4 Å². The van der Waals surface area contributed by atoms with Gasteiger partial charge in [-0.05, 0) is 26.3 Å². The molecule has 0 N–H and O–H groups in total. The maximum atomic E-state index is 6.33. The van der Waals surface area contributed by atoms with Crippen LogP contribution < -0.4 is 9.80 Å². The molecule has 7 heteroatoms. The fourth-order valence-electron chi connectivity index (χ4n) is 3.74. The van der Waals surface area contributed by atoms with Crippen molar-refractivity contribution in [3.63, 3.8) is 0 Å². The predicted octanol–water partition coefficient (Wildman–Crippen LogP) is 2.36. The van der Waals surface area contributed by atoms with Gasteiger partial charge in [0.15, 0.2) is 5.82 Å². The monoisotopic (exact) mass is 348 g/mol. The Morgan fingerprint density at radius 3 is 2.29 bits per heavy atom. The van der Waals surface area contributed by atoms with Crippen LogP contribution in [0.3, 0.4) is 0 Å². The lowest BCUT2D eigenvalue weighted by atomic mass is 10.1. The van der Waals surface area contributed by atoms with Gasteiger partial charge >= 0.3 is 0 Å². The van der Waals surface area contributed by atoms with Crippen LogP contribution in [0.4, 0.5) is 11.8 Å². The molecule has 0 amide bonds. The van der Waals surface area contributed by atoms with Crippen molar-refractivity contribution in [1.29, 1.82) is 0 Å². The van der Waals surface area contributed by atoms with E-state index < -0.39 is 0 Å². The lowest BCUT2D eigenvalue weighted by Crippen LogP contribution is -2.45. The standard InChI is InChI=1S/C17H25ClN6/c1-21-8-10-24(11-9-21)17-20-15-13(22(17)2)12-14(18)19-16(15)23-6-4-3-5-7-23/h12H,3-11H2,1-2H3. The lowest BCUT2D eigenvalue weighted by Gasteiger charge is -2.32. The van der Waals surface area contributed by atoms with E-state index in [0.717, 1.165) is 62.1 Å². The summed E-state index contributed by atoms with van der Waals surface area (Å²) in [5, 5.41) is 0.552. The molecular weight excluding hydrogens is 324 g/mol. The number of piperidine rings is 1. The molecule has 0 radical (unpaired) electrons. The molecule has 2 aromatic rings. The number of piperazine rings is 1. The normalized spacial score (nSPS) is 20.1. The molecule has 2 aliphatic heterocycles. The summed E-state index contributed by atoms with van der Waals surface area (Å²) in [6, 6.07) is 1.94. The first-order valence-corrected chi connectivity index (χ1v) is 9.22. The molecule has 0 saturated carbocycles. The summed E-state index contributed by atoms with van der Waals surface area (Å²) in [5.74, 6) is 1.98. The first-order valence-electron chi connectivity index (χ1n) is 8.85. The summed E-state index contributed by atoms with van der Waals surface area (Å²) < 4.78 is 2.17. The summed E-state index contributed by atoms with van der Waals surface area (Å²) >= 11 is 6.33. The van der Waals surface area contributed by atoms with Crippen molar-refractivity contribution < 1.29 is 0 Å². The van der Waals surface area contributed by atoms with E-state index in [2.05, 4.69) is 38.3 Å². The van der Waals surface area contributed by atoms with Gasteiger partial charge in [0, 0.05) is 52.4 Å². The molecule has 2 aliphatic rings. The number of anilines is 2. The zero-order chi connectivity index (χ0) is 16.7. The van der Waals surface area contributed by atoms with Crippen LogP contribution in [0.2, 0.25) is 5.15 Å². The number of aromatic nitrogens is 3. The molecule has 2 saturated heterocycles. The Morgan fingerprint density at radius 1 is 0.875 bits per heavy atom. The van der Waals surface area contributed by atoms with E-state index in [1.54, 1.807) is 0 Å². The number of likely N-dealkylation sites (N-methyl/N-ethyl adjacent to an activating group) is 1. The van der Waals surface area contributed by atoms with E-state index in [0.29, 0.717) is 5.15 Å². The highest BCUT2D eigenvalue weighted by molar-refractivity contribution is 6.30. The first-order chi connectivity index (χ1) is 11.6. The second-order valence-corrected chi connectivity index (χ2v) is 7.33. The number of nitrogens with zero attached hydrogens (tertiary/aromatic N) is 6. The molecule has 0 atom stereocenters. The van der Waals surface area contributed by atoms with E-state index in [1.165, 1.54) is 19.3 Å². The quantitative estimate of drug-likeness (QED) is 0.779. The number of aryl methyl sites for hydroxylation is 1. The summed E-state index contributed by atoms with van der Waals surface area (Å²) in [7, 11) is 4.25. The third-order valence-corrected chi connectivity index (χ3v) is 5.43. The smallest absolute Gasteiger partial charge is 0.206 e. The van der Waals surface area contributed by atoms with Gasteiger partial charge in [-0.3, -0.25) is 0 Å². The van der Waals surface area contributed by atoms with E-state index in [4.69, 9.17) is 16.6 Å². The van der Waals surface area contributed by atoms with Crippen LogP contribution >= 0.6 is 11.6 Å². The Kier molecular flexibility index (Phi) is 4.26. The fourth-order valence-corrected chi connectivity index (χ4v) is 3.93. The Labute approximate surface area is 148 Å². The van der Waals surface area contributed by atoms with Crippen molar-refractivity contribution in [2.24, 2.45) is 7.05 Å². The number of rotatable bonds is 2. The summed E-state index contributed by atoms with van der Waals surface area (Å²) in [6.07, 6.45) is 3.73. The van der Waals surface area contributed by atoms with Gasteiger partial charge in [-0.25, -0.2) is 9.97 Å². The van der Waals surface area contributed by atoms with Gasteiger partial charge in [0.2, 0.25) is 5.95 Å². The molecule has 2 aromatic heterocycles. The minimum Gasteiger partial charge on any atom is -0.355 e. The zero-order valence-electron chi connectivity index (χ0n) is 14.5. The predicted molar refractivity (Wildman–Crippen MR) is 99.3 cm³/mol. The maximum absolute atomic E-state index is 6.33. The zero-order valence-corrected chi connectivity index (χ0v) is 15.3. The summed E-state index contributed by atoms with van der Waals surface area (Å²) in [5.41, 5.74) is 2.06. The number of halogens is 1. The Morgan fingerprint density at radius 2 is 1.58 bits per heavy atom. The van der Waals surface area contributed by atoms with Crippen molar-refractivity contribution in [2.75, 3.05) is 56.1 Å². The number of fused-ring (bicyclic) bond motifs is 1. The topological polar surface area (TPSA) is 40.4 Å². The second-order valence-electron chi connectivity index (χ2n) is 6.95. The van der Waals surface area contributed by atoms with Gasteiger partial charge in [0.05, 0.1) is 5.52 Å². The number of pyridine rings is 1. The summed E-state index contributed by atoms with van der Waals surface area (Å²) in [6.45, 7) is 6.25. The third-order valence-electron chi connectivity index (χ3n) is 5.24. The minimum atomic E-state index is 0.552. The minimum absolute atomic E-state index is 0.552. The van der Waals surface area contributed by atoms with Gasteiger partial charge in [0.1, 0.15) is 10.7 Å². The van der Waals surface area contributed by atoms with Gasteiger partial charge in [-0.1, -0.05) is 11.6 Å². The molecule has 0 bridgehead atoms. The third kappa shape index (κ3) is 2.82. The second kappa shape index (κ2) is 6.41. The van der Waals surface area contributed by atoms with E-state index >= 15 is 0 Å². The molecule has 0 aliphatic carbocycles. The Balaban J connectivity index is 1.76. The molecule has 2 fully saturated rings. The Bertz CT molecular complexity index is 728. The van der Waals surface area contributed by atoms with Gasteiger partial charge < -0.3 is 19.3 Å². The van der Waals surface area contributed by atoms with E-state index in [1.807, 2.05) is 6.07 Å². The van der Waals surface area contributed by atoms with Crippen LogP contribution in [-0.2, 0) is 7.05 Å². The maximum Gasteiger partial charge on any atom is 0.206 e. The highest BCUT2D eigenvalue weighted by Gasteiger charge is 2.24. The van der Waals surface area contributed by atoms with Crippen LogP contribution in [0.25, 0.3) is 11.0 Å². The Hall–Kier alpha value is -1.53.